The molecule has 0 spiro atoms. The van der Waals surface area contributed by atoms with Gasteiger partial charge in [0.05, 0.1) is 6.42 Å². The minimum atomic E-state index is -0.927. The lowest BCUT2D eigenvalue weighted by atomic mass is 10.1. The molecule has 0 aliphatic rings. The van der Waals surface area contributed by atoms with E-state index in [9.17, 15) is 13.6 Å². The molecule has 0 radical (unpaired) electrons. The second kappa shape index (κ2) is 7.19. The predicted molar refractivity (Wildman–Crippen MR) is 70.6 cm³/mol. The van der Waals surface area contributed by atoms with Gasteiger partial charge < -0.3 is 10.6 Å². The third-order valence-electron chi connectivity index (χ3n) is 2.89. The average molecular weight is 270 g/mol. The van der Waals surface area contributed by atoms with Crippen molar-refractivity contribution in [2.24, 2.45) is 5.73 Å². The molecule has 0 fully saturated rings. The molecule has 0 heterocycles. The molecule has 0 unspecified atom stereocenters. The molecular weight excluding hydrogens is 250 g/mol. The van der Waals surface area contributed by atoms with Crippen LogP contribution in [0.2, 0.25) is 0 Å². The zero-order valence-electron chi connectivity index (χ0n) is 11.3. The van der Waals surface area contributed by atoms with Gasteiger partial charge in [0, 0.05) is 12.6 Å². The van der Waals surface area contributed by atoms with Crippen molar-refractivity contribution in [1.29, 1.82) is 0 Å². The standard InChI is InChI=1S/C14H20F2N2O/c1-10(2)18(7-3-6-17)14(19)9-11-4-5-12(15)13(16)8-11/h4-5,8,10H,3,6-7,9,17H2,1-2H3. The Balaban J connectivity index is 2.72. The monoisotopic (exact) mass is 270 g/mol. The molecule has 5 heteroatoms. The number of nitrogens with two attached hydrogens (primary N) is 1. The van der Waals surface area contributed by atoms with Crippen LogP contribution < -0.4 is 5.73 Å². The van der Waals surface area contributed by atoms with Gasteiger partial charge in [-0.2, -0.15) is 0 Å². The second-order valence-electron chi connectivity index (χ2n) is 4.75. The molecule has 2 N–H and O–H groups in total. The Bertz CT molecular complexity index is 435. The van der Waals surface area contributed by atoms with E-state index >= 15 is 0 Å². The van der Waals surface area contributed by atoms with Gasteiger partial charge in [-0.1, -0.05) is 6.07 Å². The van der Waals surface area contributed by atoms with E-state index in [4.69, 9.17) is 5.73 Å². The first-order valence-electron chi connectivity index (χ1n) is 6.39. The molecule has 0 aromatic heterocycles. The van der Waals surface area contributed by atoms with Gasteiger partial charge in [-0.05, 0) is 44.5 Å². The molecule has 0 saturated carbocycles. The van der Waals surface area contributed by atoms with E-state index in [1.807, 2.05) is 13.8 Å². The largest absolute Gasteiger partial charge is 0.340 e. The Morgan fingerprint density at radius 1 is 1.32 bits per heavy atom. The Morgan fingerprint density at radius 2 is 2.00 bits per heavy atom. The lowest BCUT2D eigenvalue weighted by molar-refractivity contribution is -0.132. The fraction of sp³-hybridized carbons (Fsp3) is 0.500. The molecule has 1 aromatic carbocycles. The summed E-state index contributed by atoms with van der Waals surface area (Å²) in [4.78, 5) is 13.8. The fourth-order valence-electron chi connectivity index (χ4n) is 1.86. The smallest absolute Gasteiger partial charge is 0.227 e. The summed E-state index contributed by atoms with van der Waals surface area (Å²) in [5.41, 5.74) is 5.91. The highest BCUT2D eigenvalue weighted by Crippen LogP contribution is 2.11. The summed E-state index contributed by atoms with van der Waals surface area (Å²) in [6.07, 6.45) is 0.793. The molecule has 0 bridgehead atoms. The number of nitrogens with zero attached hydrogens (tertiary/aromatic N) is 1. The number of halogens is 2. The maximum atomic E-state index is 13.1. The van der Waals surface area contributed by atoms with Crippen molar-refractivity contribution in [2.75, 3.05) is 13.1 Å². The van der Waals surface area contributed by atoms with Crippen molar-refractivity contribution in [3.05, 3.63) is 35.4 Å². The summed E-state index contributed by atoms with van der Waals surface area (Å²) < 4.78 is 25.9. The van der Waals surface area contributed by atoms with Crippen LogP contribution in [-0.2, 0) is 11.2 Å². The molecule has 19 heavy (non-hydrogen) atoms. The van der Waals surface area contributed by atoms with Crippen LogP contribution >= 0.6 is 0 Å². The quantitative estimate of drug-likeness (QED) is 0.860. The Labute approximate surface area is 112 Å². The molecule has 0 atom stereocenters. The molecule has 106 valence electrons. The van der Waals surface area contributed by atoms with E-state index in [1.54, 1.807) is 4.90 Å². The van der Waals surface area contributed by atoms with E-state index in [-0.39, 0.29) is 18.4 Å². The van der Waals surface area contributed by atoms with Crippen molar-refractivity contribution in [2.45, 2.75) is 32.7 Å². The summed E-state index contributed by atoms with van der Waals surface area (Å²) in [5, 5.41) is 0. The normalized spacial score (nSPS) is 10.8. The van der Waals surface area contributed by atoms with Gasteiger partial charge in [-0.15, -0.1) is 0 Å². The van der Waals surface area contributed by atoms with Crippen LogP contribution in [0, 0.1) is 11.6 Å². The van der Waals surface area contributed by atoms with E-state index in [1.165, 1.54) is 6.07 Å². The number of amides is 1. The molecule has 1 aromatic rings. The third-order valence-corrected chi connectivity index (χ3v) is 2.89. The third kappa shape index (κ3) is 4.59. The first-order valence-corrected chi connectivity index (χ1v) is 6.39. The molecule has 0 aliphatic carbocycles. The second-order valence-corrected chi connectivity index (χ2v) is 4.75. The van der Waals surface area contributed by atoms with E-state index < -0.39 is 11.6 Å². The van der Waals surface area contributed by atoms with Crippen LogP contribution in [0.4, 0.5) is 8.78 Å². The Morgan fingerprint density at radius 3 is 2.53 bits per heavy atom. The predicted octanol–water partition coefficient (Wildman–Crippen LogP) is 2.09. The maximum absolute atomic E-state index is 13.1. The summed E-state index contributed by atoms with van der Waals surface area (Å²) in [5.74, 6) is -1.93. The zero-order valence-corrected chi connectivity index (χ0v) is 11.3. The van der Waals surface area contributed by atoms with Crippen LogP contribution in [0.1, 0.15) is 25.8 Å². The van der Waals surface area contributed by atoms with Crippen LogP contribution in [0.5, 0.6) is 0 Å². The van der Waals surface area contributed by atoms with E-state index in [0.717, 1.165) is 18.6 Å². The minimum Gasteiger partial charge on any atom is -0.340 e. The Hall–Kier alpha value is -1.49. The number of carbonyl (C=O) groups is 1. The zero-order chi connectivity index (χ0) is 14.4. The van der Waals surface area contributed by atoms with Gasteiger partial charge >= 0.3 is 0 Å². The molecular formula is C14H20F2N2O. The summed E-state index contributed by atoms with van der Waals surface area (Å²) in [6, 6.07) is 3.59. The highest BCUT2D eigenvalue weighted by Gasteiger charge is 2.17. The number of rotatable bonds is 6. The Kier molecular flexibility index (Phi) is 5.89. The van der Waals surface area contributed by atoms with Crippen LogP contribution in [-0.4, -0.2) is 29.9 Å². The molecule has 0 aliphatic heterocycles. The average Bonchev–Trinajstić information content (AvgIpc) is 2.34. The van der Waals surface area contributed by atoms with Crippen LogP contribution in [0.3, 0.4) is 0 Å². The van der Waals surface area contributed by atoms with Crippen molar-refractivity contribution in [3.63, 3.8) is 0 Å². The van der Waals surface area contributed by atoms with Crippen molar-refractivity contribution >= 4 is 5.91 Å². The number of hydrogen-bond acceptors (Lipinski definition) is 2. The van der Waals surface area contributed by atoms with Crippen molar-refractivity contribution in [3.8, 4) is 0 Å². The molecule has 1 rings (SSSR count). The lowest BCUT2D eigenvalue weighted by Gasteiger charge is -2.26. The lowest BCUT2D eigenvalue weighted by Crippen LogP contribution is -2.39. The number of benzene rings is 1. The van der Waals surface area contributed by atoms with Gasteiger partial charge in [-0.25, -0.2) is 8.78 Å². The van der Waals surface area contributed by atoms with Crippen molar-refractivity contribution in [1.82, 2.24) is 4.90 Å². The maximum Gasteiger partial charge on any atom is 0.227 e. The summed E-state index contributed by atoms with van der Waals surface area (Å²) >= 11 is 0. The fourth-order valence-corrected chi connectivity index (χ4v) is 1.86. The highest BCUT2D eigenvalue weighted by molar-refractivity contribution is 5.79. The first-order chi connectivity index (χ1) is 8.95. The number of hydrogen-bond donors (Lipinski definition) is 1. The van der Waals surface area contributed by atoms with E-state index in [2.05, 4.69) is 0 Å². The van der Waals surface area contributed by atoms with Gasteiger partial charge in [0.15, 0.2) is 11.6 Å². The van der Waals surface area contributed by atoms with Crippen LogP contribution in [0.25, 0.3) is 0 Å². The summed E-state index contributed by atoms with van der Waals surface area (Å²) in [6.45, 7) is 4.93. The SMILES string of the molecule is CC(C)N(CCCN)C(=O)Cc1ccc(F)c(F)c1. The van der Waals surface area contributed by atoms with Gasteiger partial charge in [-0.3, -0.25) is 4.79 Å². The topological polar surface area (TPSA) is 46.3 Å². The number of carbonyl (C=O) groups excluding carboxylic acids is 1. The highest BCUT2D eigenvalue weighted by atomic mass is 19.2. The minimum absolute atomic E-state index is 0.0596. The molecule has 1 amide bonds. The van der Waals surface area contributed by atoms with Crippen LogP contribution in [0.15, 0.2) is 18.2 Å². The van der Waals surface area contributed by atoms with Crippen molar-refractivity contribution < 1.29 is 13.6 Å². The van der Waals surface area contributed by atoms with Gasteiger partial charge in [0.2, 0.25) is 5.91 Å². The van der Waals surface area contributed by atoms with Gasteiger partial charge in [0.1, 0.15) is 0 Å². The molecule has 0 saturated heterocycles. The first kappa shape index (κ1) is 15.6. The van der Waals surface area contributed by atoms with Gasteiger partial charge in [0.25, 0.3) is 0 Å². The van der Waals surface area contributed by atoms with E-state index in [0.29, 0.717) is 18.7 Å². The molecule has 3 nitrogen and oxygen atoms in total. The summed E-state index contributed by atoms with van der Waals surface area (Å²) in [7, 11) is 0.